The van der Waals surface area contributed by atoms with Gasteiger partial charge in [0, 0.05) is 29.2 Å². The minimum atomic E-state index is -0.213. The highest BCUT2D eigenvalue weighted by Gasteiger charge is 2.08. The van der Waals surface area contributed by atoms with E-state index in [9.17, 15) is 4.79 Å². The average molecular weight is 363 g/mol. The van der Waals surface area contributed by atoms with Gasteiger partial charge in [-0.3, -0.25) is 4.79 Å². The summed E-state index contributed by atoms with van der Waals surface area (Å²) in [5.41, 5.74) is 2.03. The number of hydrogen-bond acceptors (Lipinski definition) is 5. The molecule has 0 saturated carbocycles. The summed E-state index contributed by atoms with van der Waals surface area (Å²) in [4.78, 5) is 16.8. The van der Waals surface area contributed by atoms with Crippen LogP contribution < -0.4 is 20.1 Å². The fourth-order valence-electron chi connectivity index (χ4n) is 2.49. The number of carbonyl (C=O) groups excluding carboxylic acids is 1. The van der Waals surface area contributed by atoms with Gasteiger partial charge in [0.1, 0.15) is 17.3 Å². The number of aromatic nitrogens is 1. The number of methoxy groups -OCH3 is 1. The summed E-state index contributed by atoms with van der Waals surface area (Å²) in [5, 5.41) is 6.04. The van der Waals surface area contributed by atoms with Crippen molar-refractivity contribution in [2.24, 2.45) is 0 Å². The van der Waals surface area contributed by atoms with E-state index in [4.69, 9.17) is 9.47 Å². The minimum absolute atomic E-state index is 0.213. The van der Waals surface area contributed by atoms with Crippen molar-refractivity contribution in [3.63, 3.8) is 0 Å². The Morgan fingerprint density at radius 3 is 2.56 bits per heavy atom. The van der Waals surface area contributed by atoms with Crippen molar-refractivity contribution in [3.05, 3.63) is 72.4 Å². The Morgan fingerprint density at radius 2 is 1.81 bits per heavy atom. The van der Waals surface area contributed by atoms with Gasteiger partial charge in [-0.1, -0.05) is 6.07 Å². The van der Waals surface area contributed by atoms with E-state index in [-0.39, 0.29) is 5.91 Å². The molecule has 0 bridgehead atoms. The summed E-state index contributed by atoms with van der Waals surface area (Å²) in [6, 6.07) is 18.1. The van der Waals surface area contributed by atoms with E-state index >= 15 is 0 Å². The molecule has 6 heteroatoms. The first-order valence-electron chi connectivity index (χ1n) is 8.59. The second kappa shape index (κ2) is 8.71. The summed E-state index contributed by atoms with van der Waals surface area (Å²) >= 11 is 0. The van der Waals surface area contributed by atoms with Crippen LogP contribution in [0.3, 0.4) is 0 Å². The Balaban J connectivity index is 1.69. The van der Waals surface area contributed by atoms with Gasteiger partial charge in [-0.15, -0.1) is 0 Å². The SMILES string of the molecule is CCOc1ccc(NC(=O)c2ccnc(Nc3cccc(OC)c3)c2)cc1. The first-order chi connectivity index (χ1) is 13.2. The summed E-state index contributed by atoms with van der Waals surface area (Å²) in [7, 11) is 1.61. The molecule has 27 heavy (non-hydrogen) atoms. The van der Waals surface area contributed by atoms with E-state index in [1.165, 1.54) is 0 Å². The Labute approximate surface area is 158 Å². The lowest BCUT2D eigenvalue weighted by molar-refractivity contribution is 0.102. The summed E-state index contributed by atoms with van der Waals surface area (Å²) in [6.07, 6.45) is 1.59. The zero-order chi connectivity index (χ0) is 19.1. The van der Waals surface area contributed by atoms with Crippen LogP contribution in [0.1, 0.15) is 17.3 Å². The van der Waals surface area contributed by atoms with E-state index in [2.05, 4.69) is 15.6 Å². The van der Waals surface area contributed by atoms with Crippen molar-refractivity contribution in [3.8, 4) is 11.5 Å². The van der Waals surface area contributed by atoms with E-state index in [1.54, 1.807) is 37.6 Å². The second-order valence-electron chi connectivity index (χ2n) is 5.70. The molecular formula is C21H21N3O3. The van der Waals surface area contributed by atoms with Gasteiger partial charge >= 0.3 is 0 Å². The average Bonchev–Trinajstić information content (AvgIpc) is 2.70. The van der Waals surface area contributed by atoms with Crippen LogP contribution in [0, 0.1) is 0 Å². The van der Waals surface area contributed by atoms with Crippen LogP contribution in [0.5, 0.6) is 11.5 Å². The lowest BCUT2D eigenvalue weighted by Gasteiger charge is -2.10. The third-order valence-electron chi connectivity index (χ3n) is 3.79. The first kappa shape index (κ1) is 18.3. The Morgan fingerprint density at radius 1 is 1.00 bits per heavy atom. The third kappa shape index (κ3) is 4.98. The van der Waals surface area contributed by atoms with Gasteiger partial charge < -0.3 is 20.1 Å². The molecule has 0 aliphatic heterocycles. The minimum Gasteiger partial charge on any atom is -0.497 e. The maximum Gasteiger partial charge on any atom is 0.255 e. The topological polar surface area (TPSA) is 72.5 Å². The number of ether oxygens (including phenoxy) is 2. The number of nitrogens with one attached hydrogen (secondary N) is 2. The Kier molecular flexibility index (Phi) is 5.89. The van der Waals surface area contributed by atoms with Crippen molar-refractivity contribution >= 4 is 23.1 Å². The quantitative estimate of drug-likeness (QED) is 0.647. The molecule has 3 rings (SSSR count). The van der Waals surface area contributed by atoms with Gasteiger partial charge in [0.15, 0.2) is 0 Å². The zero-order valence-electron chi connectivity index (χ0n) is 15.2. The molecule has 3 aromatic rings. The predicted octanol–water partition coefficient (Wildman–Crippen LogP) is 4.48. The van der Waals surface area contributed by atoms with Crippen LogP contribution in [0.25, 0.3) is 0 Å². The molecule has 1 heterocycles. The van der Waals surface area contributed by atoms with Gasteiger partial charge in [0.2, 0.25) is 0 Å². The predicted molar refractivity (Wildman–Crippen MR) is 106 cm³/mol. The number of pyridine rings is 1. The number of carbonyl (C=O) groups is 1. The van der Waals surface area contributed by atoms with Gasteiger partial charge in [0.05, 0.1) is 13.7 Å². The molecule has 6 nitrogen and oxygen atoms in total. The van der Waals surface area contributed by atoms with E-state index in [0.717, 1.165) is 17.2 Å². The number of amides is 1. The smallest absolute Gasteiger partial charge is 0.255 e. The fourth-order valence-corrected chi connectivity index (χ4v) is 2.49. The lowest BCUT2D eigenvalue weighted by atomic mass is 10.2. The fraction of sp³-hybridized carbons (Fsp3) is 0.143. The number of rotatable bonds is 7. The number of nitrogens with zero attached hydrogens (tertiary/aromatic N) is 1. The largest absolute Gasteiger partial charge is 0.497 e. The van der Waals surface area contributed by atoms with Crippen molar-refractivity contribution in [2.45, 2.75) is 6.92 Å². The monoisotopic (exact) mass is 363 g/mol. The highest BCUT2D eigenvalue weighted by Crippen LogP contribution is 2.21. The number of anilines is 3. The molecule has 0 spiro atoms. The molecule has 0 fully saturated rings. The van der Waals surface area contributed by atoms with E-state index < -0.39 is 0 Å². The van der Waals surface area contributed by atoms with Gasteiger partial charge in [-0.2, -0.15) is 0 Å². The van der Waals surface area contributed by atoms with Crippen LogP contribution in [-0.4, -0.2) is 24.6 Å². The standard InChI is InChI=1S/C21H21N3O3/c1-3-27-18-9-7-16(8-10-18)24-21(25)15-11-12-22-20(13-15)23-17-5-4-6-19(14-17)26-2/h4-14H,3H2,1-2H3,(H,22,23)(H,24,25). The maximum absolute atomic E-state index is 12.5. The first-order valence-corrected chi connectivity index (χ1v) is 8.59. The normalized spacial score (nSPS) is 10.1. The van der Waals surface area contributed by atoms with Crippen molar-refractivity contribution < 1.29 is 14.3 Å². The third-order valence-corrected chi connectivity index (χ3v) is 3.79. The summed E-state index contributed by atoms with van der Waals surface area (Å²) in [5.74, 6) is 1.87. The van der Waals surface area contributed by atoms with Gasteiger partial charge in [0.25, 0.3) is 5.91 Å². The molecule has 1 aromatic heterocycles. The maximum atomic E-state index is 12.5. The van der Waals surface area contributed by atoms with Gasteiger partial charge in [-0.25, -0.2) is 4.98 Å². The second-order valence-corrected chi connectivity index (χ2v) is 5.70. The highest BCUT2D eigenvalue weighted by molar-refractivity contribution is 6.04. The lowest BCUT2D eigenvalue weighted by Crippen LogP contribution is -2.12. The van der Waals surface area contributed by atoms with E-state index in [1.807, 2.05) is 43.3 Å². The molecule has 0 aliphatic carbocycles. The zero-order valence-corrected chi connectivity index (χ0v) is 15.2. The molecule has 0 saturated heterocycles. The van der Waals surface area contributed by atoms with Crippen LogP contribution in [0.2, 0.25) is 0 Å². The van der Waals surface area contributed by atoms with E-state index in [0.29, 0.717) is 23.7 Å². The number of hydrogen-bond donors (Lipinski definition) is 2. The van der Waals surface area contributed by atoms with Crippen LogP contribution in [0.4, 0.5) is 17.2 Å². The van der Waals surface area contributed by atoms with Crippen molar-refractivity contribution in [1.82, 2.24) is 4.98 Å². The highest BCUT2D eigenvalue weighted by atomic mass is 16.5. The van der Waals surface area contributed by atoms with Gasteiger partial charge in [-0.05, 0) is 55.5 Å². The van der Waals surface area contributed by atoms with Crippen LogP contribution in [0.15, 0.2) is 66.9 Å². The summed E-state index contributed by atoms with van der Waals surface area (Å²) in [6.45, 7) is 2.53. The molecule has 0 unspecified atom stereocenters. The molecule has 0 atom stereocenters. The van der Waals surface area contributed by atoms with Crippen LogP contribution >= 0.6 is 0 Å². The molecule has 138 valence electrons. The van der Waals surface area contributed by atoms with Crippen molar-refractivity contribution in [2.75, 3.05) is 24.4 Å². The van der Waals surface area contributed by atoms with Crippen LogP contribution in [-0.2, 0) is 0 Å². The molecule has 0 radical (unpaired) electrons. The molecule has 0 aliphatic rings. The molecule has 2 aromatic carbocycles. The summed E-state index contributed by atoms with van der Waals surface area (Å²) < 4.78 is 10.6. The molecule has 2 N–H and O–H groups in total. The molecule has 1 amide bonds. The Hall–Kier alpha value is -3.54. The number of benzene rings is 2. The Bertz CT molecular complexity index is 911. The molecular weight excluding hydrogens is 342 g/mol. The van der Waals surface area contributed by atoms with Crippen molar-refractivity contribution in [1.29, 1.82) is 0 Å².